The number of rotatable bonds is 4. The first kappa shape index (κ1) is 21.5. The van der Waals surface area contributed by atoms with Crippen molar-refractivity contribution in [2.75, 3.05) is 11.9 Å². The molecule has 1 aromatic carbocycles. The molecule has 0 radical (unpaired) electrons. The molecule has 0 spiro atoms. The van der Waals surface area contributed by atoms with Crippen LogP contribution in [0, 0.1) is 30.3 Å². The number of benzene rings is 1. The molecule has 0 aliphatic carbocycles. The van der Waals surface area contributed by atoms with Gasteiger partial charge in [-0.15, -0.1) is 0 Å². The van der Waals surface area contributed by atoms with Gasteiger partial charge in [-0.1, -0.05) is 0 Å². The van der Waals surface area contributed by atoms with Crippen molar-refractivity contribution in [2.45, 2.75) is 26.3 Å². The van der Waals surface area contributed by atoms with E-state index in [-0.39, 0.29) is 11.6 Å². The lowest BCUT2D eigenvalue weighted by atomic mass is 10.0. The molecule has 1 aliphatic rings. The van der Waals surface area contributed by atoms with Crippen LogP contribution in [0.15, 0.2) is 36.7 Å². The summed E-state index contributed by atoms with van der Waals surface area (Å²) in [5.41, 5.74) is 2.17. The van der Waals surface area contributed by atoms with Crippen molar-refractivity contribution in [1.82, 2.24) is 19.9 Å². The quantitative estimate of drug-likeness (QED) is 0.602. The normalized spacial score (nSPS) is 18.1. The molecule has 166 valence electrons. The molecule has 10 heteroatoms. The molecule has 0 saturated carbocycles. The summed E-state index contributed by atoms with van der Waals surface area (Å²) in [6.45, 7) is 3.88. The summed E-state index contributed by atoms with van der Waals surface area (Å²) in [7, 11) is 0. The molecule has 2 atom stereocenters. The third kappa shape index (κ3) is 3.95. The maximum atomic E-state index is 13.4. The van der Waals surface area contributed by atoms with Gasteiger partial charge in [0.25, 0.3) is 5.91 Å². The van der Waals surface area contributed by atoms with Crippen LogP contribution >= 0.6 is 0 Å². The average molecular weight is 443 g/mol. The molecule has 0 unspecified atom stereocenters. The minimum absolute atomic E-state index is 0.184. The van der Waals surface area contributed by atoms with Crippen molar-refractivity contribution in [1.29, 1.82) is 0 Å². The van der Waals surface area contributed by atoms with Gasteiger partial charge in [0.2, 0.25) is 5.91 Å². The van der Waals surface area contributed by atoms with Crippen LogP contribution in [-0.4, -0.2) is 44.3 Å². The Bertz CT molecular complexity index is 1170. The van der Waals surface area contributed by atoms with E-state index in [4.69, 9.17) is 0 Å². The summed E-state index contributed by atoms with van der Waals surface area (Å²) in [6, 6.07) is 4.37. The molecule has 3 heterocycles. The van der Waals surface area contributed by atoms with Crippen molar-refractivity contribution >= 4 is 17.5 Å². The van der Waals surface area contributed by atoms with Gasteiger partial charge in [0.1, 0.15) is 11.4 Å². The Morgan fingerprint density at radius 3 is 2.50 bits per heavy atom. The molecule has 2 N–H and O–H groups in total. The molecule has 7 nitrogen and oxygen atoms in total. The van der Waals surface area contributed by atoms with E-state index in [0.717, 1.165) is 0 Å². The number of carbonyl (C=O) groups excluding carboxylic acids is 2. The highest BCUT2D eigenvalue weighted by Crippen LogP contribution is 2.28. The van der Waals surface area contributed by atoms with E-state index < -0.39 is 35.3 Å². The number of nitrogens with zero attached hydrogens (tertiary/aromatic N) is 3. The van der Waals surface area contributed by atoms with Crippen LogP contribution in [-0.2, 0) is 4.79 Å². The van der Waals surface area contributed by atoms with Crippen LogP contribution in [0.3, 0.4) is 0 Å². The highest BCUT2D eigenvalue weighted by molar-refractivity contribution is 5.97. The van der Waals surface area contributed by atoms with Gasteiger partial charge >= 0.3 is 0 Å². The number of aryl methyl sites for hydroxylation is 1. The maximum Gasteiger partial charge on any atom is 0.270 e. The van der Waals surface area contributed by atoms with Crippen molar-refractivity contribution in [3.63, 3.8) is 0 Å². The van der Waals surface area contributed by atoms with Crippen LogP contribution in [0.4, 0.5) is 18.9 Å². The van der Waals surface area contributed by atoms with E-state index in [1.54, 1.807) is 36.4 Å². The van der Waals surface area contributed by atoms with Gasteiger partial charge in [-0.25, -0.2) is 13.2 Å². The Labute approximate surface area is 181 Å². The molecule has 4 rings (SSSR count). The van der Waals surface area contributed by atoms with Crippen LogP contribution in [0.5, 0.6) is 0 Å². The van der Waals surface area contributed by atoms with Crippen LogP contribution in [0.1, 0.15) is 29.5 Å². The van der Waals surface area contributed by atoms with Gasteiger partial charge in [0.15, 0.2) is 17.5 Å². The number of anilines is 1. The summed E-state index contributed by atoms with van der Waals surface area (Å²) >= 11 is 0. The third-order valence-electron chi connectivity index (χ3n) is 5.66. The lowest BCUT2D eigenvalue weighted by molar-refractivity contribution is -0.120. The Kier molecular flexibility index (Phi) is 5.68. The fourth-order valence-corrected chi connectivity index (χ4v) is 3.92. The number of amides is 2. The molecule has 0 bridgehead atoms. The van der Waals surface area contributed by atoms with Crippen molar-refractivity contribution in [3.05, 3.63) is 65.5 Å². The number of hydrogen-bond acceptors (Lipinski definition) is 4. The van der Waals surface area contributed by atoms with Gasteiger partial charge in [-0.05, 0) is 32.4 Å². The first-order valence-corrected chi connectivity index (χ1v) is 9.99. The summed E-state index contributed by atoms with van der Waals surface area (Å²) in [5.74, 6) is -5.75. The zero-order valence-electron chi connectivity index (χ0n) is 17.3. The predicted octanol–water partition coefficient (Wildman–Crippen LogP) is 3.69. The molecule has 3 aromatic rings. The van der Waals surface area contributed by atoms with E-state index in [1.165, 1.54) is 0 Å². The molecule has 2 aromatic heterocycles. The minimum atomic E-state index is -1.60. The second-order valence-electron chi connectivity index (χ2n) is 7.65. The van der Waals surface area contributed by atoms with E-state index in [2.05, 4.69) is 20.3 Å². The van der Waals surface area contributed by atoms with Crippen LogP contribution in [0.25, 0.3) is 11.4 Å². The summed E-state index contributed by atoms with van der Waals surface area (Å²) < 4.78 is 40.0. The van der Waals surface area contributed by atoms with E-state index >= 15 is 0 Å². The Morgan fingerprint density at radius 1 is 1.12 bits per heavy atom. The monoisotopic (exact) mass is 443 g/mol. The molecule has 1 fully saturated rings. The van der Waals surface area contributed by atoms with Crippen LogP contribution < -0.4 is 5.32 Å². The number of carbonyl (C=O) groups is 2. The predicted molar refractivity (Wildman–Crippen MR) is 110 cm³/mol. The van der Waals surface area contributed by atoms with Gasteiger partial charge in [-0.2, -0.15) is 0 Å². The lowest BCUT2D eigenvalue weighted by Gasteiger charge is -2.24. The molecule has 1 saturated heterocycles. The number of aromatic amines is 1. The number of hydrogen-bond donors (Lipinski definition) is 2. The fraction of sp³-hybridized carbons (Fsp3) is 0.273. The zero-order chi connectivity index (χ0) is 23.0. The maximum absolute atomic E-state index is 13.4. The van der Waals surface area contributed by atoms with Gasteiger partial charge in [0, 0.05) is 42.8 Å². The number of H-pyrrole nitrogens is 1. The van der Waals surface area contributed by atoms with Gasteiger partial charge in [0.05, 0.1) is 17.3 Å². The van der Waals surface area contributed by atoms with E-state index in [1.807, 2.05) is 6.92 Å². The molecule has 32 heavy (non-hydrogen) atoms. The second-order valence-corrected chi connectivity index (χ2v) is 7.65. The summed E-state index contributed by atoms with van der Waals surface area (Å²) in [5, 5.41) is 2.41. The molecular weight excluding hydrogens is 423 g/mol. The smallest absolute Gasteiger partial charge is 0.270 e. The van der Waals surface area contributed by atoms with Crippen molar-refractivity contribution in [2.24, 2.45) is 5.92 Å². The SMILES string of the molecule is Cc1nccnc1-c1ccc(C(=O)N2CC[C@H](C(=O)Nc3cc(F)c(F)c(F)c3)[C@@H]2C)[nH]1. The average Bonchev–Trinajstić information content (AvgIpc) is 3.39. The summed E-state index contributed by atoms with van der Waals surface area (Å²) in [6.07, 6.45) is 3.52. The van der Waals surface area contributed by atoms with Crippen molar-refractivity contribution in [3.8, 4) is 11.4 Å². The zero-order valence-corrected chi connectivity index (χ0v) is 17.3. The standard InChI is InChI=1S/C22H20F3N5O2/c1-11-20(27-7-6-26-11)17-3-4-18(29-17)22(32)30-8-5-14(12(30)2)21(31)28-13-9-15(23)19(25)16(24)10-13/h3-4,6-7,9-10,12,14,29H,5,8H2,1-2H3,(H,28,31)/t12-,14-/m0/s1. The Morgan fingerprint density at radius 2 is 1.81 bits per heavy atom. The Hall–Kier alpha value is -3.69. The van der Waals surface area contributed by atoms with Gasteiger partial charge in [-0.3, -0.25) is 19.6 Å². The fourth-order valence-electron chi connectivity index (χ4n) is 3.92. The van der Waals surface area contributed by atoms with Crippen LogP contribution in [0.2, 0.25) is 0 Å². The number of nitrogens with one attached hydrogen (secondary N) is 2. The largest absolute Gasteiger partial charge is 0.349 e. The van der Waals surface area contributed by atoms with Gasteiger partial charge < -0.3 is 15.2 Å². The lowest BCUT2D eigenvalue weighted by Crippen LogP contribution is -2.39. The highest BCUT2D eigenvalue weighted by Gasteiger charge is 2.39. The molecule has 1 aliphatic heterocycles. The minimum Gasteiger partial charge on any atom is -0.349 e. The molecular formula is C22H20F3N5O2. The van der Waals surface area contributed by atoms with E-state index in [9.17, 15) is 22.8 Å². The number of aromatic nitrogens is 3. The van der Waals surface area contributed by atoms with E-state index in [0.29, 0.717) is 47.9 Å². The first-order chi connectivity index (χ1) is 15.3. The molecule has 2 amide bonds. The third-order valence-corrected chi connectivity index (χ3v) is 5.66. The summed E-state index contributed by atoms with van der Waals surface area (Å²) in [4.78, 5) is 38.8. The number of likely N-dealkylation sites (tertiary alicyclic amines) is 1. The topological polar surface area (TPSA) is 91.0 Å². The first-order valence-electron chi connectivity index (χ1n) is 9.99. The Balaban J connectivity index is 1.46. The highest BCUT2D eigenvalue weighted by atomic mass is 19.2. The second kappa shape index (κ2) is 8.45. The van der Waals surface area contributed by atoms with Crippen molar-refractivity contribution < 1.29 is 22.8 Å². The number of halogens is 3.